The molecule has 0 unspecified atom stereocenters. The molecule has 3 nitrogen and oxygen atoms in total. The number of carbonyl (C=O) groups is 1. The molecule has 2 atom stereocenters. The Morgan fingerprint density at radius 2 is 1.65 bits per heavy atom. The summed E-state index contributed by atoms with van der Waals surface area (Å²) in [6, 6.07) is 17.1. The molecule has 0 radical (unpaired) electrons. The monoisotopic (exact) mass is 267 g/mol. The van der Waals surface area contributed by atoms with E-state index in [-0.39, 0.29) is 23.5 Å². The number of piperidine rings is 1. The average molecular weight is 267 g/mol. The summed E-state index contributed by atoms with van der Waals surface area (Å²) in [6.07, 6.45) is 0.913. The van der Waals surface area contributed by atoms with Crippen molar-refractivity contribution in [1.82, 2.24) is 5.32 Å². The molecule has 3 heteroatoms. The summed E-state index contributed by atoms with van der Waals surface area (Å²) in [4.78, 5) is 12.3. The van der Waals surface area contributed by atoms with E-state index >= 15 is 0 Å². The SMILES string of the molecule is O=C1NCC[C@H](c2ccc(O)cc2)[C@H]1c1ccccc1. The van der Waals surface area contributed by atoms with Crippen LogP contribution in [0.15, 0.2) is 54.6 Å². The van der Waals surface area contributed by atoms with Crippen molar-refractivity contribution in [2.45, 2.75) is 18.3 Å². The Balaban J connectivity index is 1.98. The van der Waals surface area contributed by atoms with Crippen LogP contribution in [0.4, 0.5) is 0 Å². The van der Waals surface area contributed by atoms with Gasteiger partial charge in [0.15, 0.2) is 0 Å². The number of hydrogen-bond acceptors (Lipinski definition) is 2. The van der Waals surface area contributed by atoms with Gasteiger partial charge in [0.2, 0.25) is 5.91 Å². The van der Waals surface area contributed by atoms with Crippen LogP contribution in [0.2, 0.25) is 0 Å². The maximum absolute atomic E-state index is 12.3. The first kappa shape index (κ1) is 12.7. The van der Waals surface area contributed by atoms with E-state index in [0.29, 0.717) is 6.54 Å². The molecule has 2 aromatic carbocycles. The van der Waals surface area contributed by atoms with Crippen molar-refractivity contribution in [3.8, 4) is 5.75 Å². The molecular formula is C17H17NO2. The van der Waals surface area contributed by atoms with Crippen molar-refractivity contribution in [2.24, 2.45) is 0 Å². The zero-order chi connectivity index (χ0) is 13.9. The number of phenolic OH excluding ortho intramolecular Hbond substituents is 1. The van der Waals surface area contributed by atoms with Crippen LogP contribution in [0.5, 0.6) is 5.75 Å². The third-order valence-corrected chi connectivity index (χ3v) is 3.92. The minimum absolute atomic E-state index is 0.0838. The lowest BCUT2D eigenvalue weighted by atomic mass is 9.77. The Kier molecular flexibility index (Phi) is 3.42. The predicted molar refractivity (Wildman–Crippen MR) is 77.7 cm³/mol. The highest BCUT2D eigenvalue weighted by molar-refractivity contribution is 5.85. The van der Waals surface area contributed by atoms with Gasteiger partial charge in [0.05, 0.1) is 5.92 Å². The van der Waals surface area contributed by atoms with E-state index in [4.69, 9.17) is 0 Å². The smallest absolute Gasteiger partial charge is 0.228 e. The summed E-state index contributed by atoms with van der Waals surface area (Å²) >= 11 is 0. The summed E-state index contributed by atoms with van der Waals surface area (Å²) in [6.45, 7) is 0.702. The summed E-state index contributed by atoms with van der Waals surface area (Å²) in [5.74, 6) is 0.340. The van der Waals surface area contributed by atoms with Crippen LogP contribution in [-0.2, 0) is 4.79 Å². The van der Waals surface area contributed by atoms with E-state index in [1.807, 2.05) is 42.5 Å². The first-order chi connectivity index (χ1) is 9.75. The van der Waals surface area contributed by atoms with E-state index in [1.54, 1.807) is 12.1 Å². The third kappa shape index (κ3) is 2.39. The van der Waals surface area contributed by atoms with Crippen LogP contribution in [0.3, 0.4) is 0 Å². The van der Waals surface area contributed by atoms with Crippen LogP contribution in [-0.4, -0.2) is 17.6 Å². The van der Waals surface area contributed by atoms with Gasteiger partial charge in [-0.05, 0) is 29.7 Å². The summed E-state index contributed by atoms with van der Waals surface area (Å²) in [5, 5.41) is 12.4. The Labute approximate surface area is 118 Å². The lowest BCUT2D eigenvalue weighted by Gasteiger charge is -2.31. The van der Waals surface area contributed by atoms with Gasteiger partial charge in [-0.25, -0.2) is 0 Å². The number of aromatic hydroxyl groups is 1. The molecule has 0 saturated carbocycles. The first-order valence-corrected chi connectivity index (χ1v) is 6.87. The normalized spacial score (nSPS) is 22.3. The second-order valence-electron chi connectivity index (χ2n) is 5.17. The molecule has 0 spiro atoms. The summed E-state index contributed by atoms with van der Waals surface area (Å²) in [7, 11) is 0. The molecule has 1 aliphatic heterocycles. The highest BCUT2D eigenvalue weighted by Gasteiger charge is 2.33. The molecule has 102 valence electrons. The maximum Gasteiger partial charge on any atom is 0.228 e. The largest absolute Gasteiger partial charge is 0.508 e. The van der Waals surface area contributed by atoms with Crippen LogP contribution in [0.25, 0.3) is 0 Å². The zero-order valence-electron chi connectivity index (χ0n) is 11.1. The molecule has 3 rings (SSSR count). The van der Waals surface area contributed by atoms with E-state index in [1.165, 1.54) is 0 Å². The zero-order valence-corrected chi connectivity index (χ0v) is 11.1. The molecule has 1 fully saturated rings. The topological polar surface area (TPSA) is 49.3 Å². The molecule has 1 saturated heterocycles. The molecule has 0 aliphatic carbocycles. The van der Waals surface area contributed by atoms with Gasteiger partial charge in [-0.15, -0.1) is 0 Å². The summed E-state index contributed by atoms with van der Waals surface area (Å²) < 4.78 is 0. The Bertz CT molecular complexity index is 592. The predicted octanol–water partition coefficient (Wildman–Crippen LogP) is 2.78. The second-order valence-corrected chi connectivity index (χ2v) is 5.17. The van der Waals surface area contributed by atoms with Crippen molar-refractivity contribution in [2.75, 3.05) is 6.54 Å². The number of hydrogen-bond donors (Lipinski definition) is 2. The van der Waals surface area contributed by atoms with Gasteiger partial charge >= 0.3 is 0 Å². The Morgan fingerprint density at radius 3 is 2.35 bits per heavy atom. The minimum atomic E-state index is -0.158. The lowest BCUT2D eigenvalue weighted by Crippen LogP contribution is -2.39. The van der Waals surface area contributed by atoms with Crippen LogP contribution >= 0.6 is 0 Å². The highest BCUT2D eigenvalue weighted by Crippen LogP contribution is 2.38. The van der Waals surface area contributed by atoms with Gasteiger partial charge in [0.1, 0.15) is 5.75 Å². The van der Waals surface area contributed by atoms with Crippen molar-refractivity contribution in [3.05, 3.63) is 65.7 Å². The van der Waals surface area contributed by atoms with Gasteiger partial charge in [0.25, 0.3) is 0 Å². The number of benzene rings is 2. The number of amides is 1. The molecule has 2 N–H and O–H groups in total. The molecule has 1 heterocycles. The van der Waals surface area contributed by atoms with Crippen molar-refractivity contribution >= 4 is 5.91 Å². The summed E-state index contributed by atoms with van der Waals surface area (Å²) in [5.41, 5.74) is 2.15. The standard InChI is InChI=1S/C17H17NO2/c19-14-8-6-12(7-9-14)15-10-11-18-17(20)16(15)13-4-2-1-3-5-13/h1-9,15-16,19H,10-11H2,(H,18,20)/t15-,16-/m1/s1. The number of nitrogens with one attached hydrogen (secondary N) is 1. The highest BCUT2D eigenvalue weighted by atomic mass is 16.3. The molecule has 1 aliphatic rings. The number of carbonyl (C=O) groups excluding carboxylic acids is 1. The van der Waals surface area contributed by atoms with Crippen molar-refractivity contribution < 1.29 is 9.90 Å². The maximum atomic E-state index is 12.3. The van der Waals surface area contributed by atoms with Crippen LogP contribution in [0, 0.1) is 0 Å². The van der Waals surface area contributed by atoms with E-state index < -0.39 is 0 Å². The van der Waals surface area contributed by atoms with Gasteiger partial charge in [-0.2, -0.15) is 0 Å². The molecule has 1 amide bonds. The van der Waals surface area contributed by atoms with Crippen LogP contribution < -0.4 is 5.32 Å². The van der Waals surface area contributed by atoms with Gasteiger partial charge < -0.3 is 10.4 Å². The van der Waals surface area contributed by atoms with Crippen molar-refractivity contribution in [1.29, 1.82) is 0 Å². The van der Waals surface area contributed by atoms with Crippen LogP contribution in [0.1, 0.15) is 29.4 Å². The minimum Gasteiger partial charge on any atom is -0.508 e. The second kappa shape index (κ2) is 5.37. The molecular weight excluding hydrogens is 250 g/mol. The fourth-order valence-electron chi connectivity index (χ4n) is 2.93. The van der Waals surface area contributed by atoms with E-state index in [0.717, 1.165) is 17.5 Å². The van der Waals surface area contributed by atoms with E-state index in [9.17, 15) is 9.90 Å². The van der Waals surface area contributed by atoms with Gasteiger partial charge in [-0.1, -0.05) is 42.5 Å². The Hall–Kier alpha value is -2.29. The number of phenols is 1. The molecule has 0 bridgehead atoms. The lowest BCUT2D eigenvalue weighted by molar-refractivity contribution is -0.124. The van der Waals surface area contributed by atoms with Crippen molar-refractivity contribution in [3.63, 3.8) is 0 Å². The molecule has 20 heavy (non-hydrogen) atoms. The average Bonchev–Trinajstić information content (AvgIpc) is 2.49. The van der Waals surface area contributed by atoms with Gasteiger partial charge in [0, 0.05) is 12.5 Å². The fraction of sp³-hybridized carbons (Fsp3) is 0.235. The fourth-order valence-corrected chi connectivity index (χ4v) is 2.93. The van der Waals surface area contributed by atoms with Gasteiger partial charge in [-0.3, -0.25) is 4.79 Å². The molecule has 0 aromatic heterocycles. The quantitative estimate of drug-likeness (QED) is 0.879. The Morgan fingerprint density at radius 1 is 0.950 bits per heavy atom. The first-order valence-electron chi connectivity index (χ1n) is 6.87. The third-order valence-electron chi connectivity index (χ3n) is 3.92. The number of rotatable bonds is 2. The molecule has 2 aromatic rings. The van der Waals surface area contributed by atoms with E-state index in [2.05, 4.69) is 5.32 Å².